The molecule has 0 spiro atoms. The third kappa shape index (κ3) is 3.54. The molecule has 2 N–H and O–H groups in total. The Morgan fingerprint density at radius 1 is 1.23 bits per heavy atom. The van der Waals surface area contributed by atoms with E-state index in [2.05, 4.69) is 10.4 Å². The smallest absolute Gasteiger partial charge is 0.271 e. The van der Waals surface area contributed by atoms with Gasteiger partial charge in [-0.1, -0.05) is 32.0 Å². The number of nitrogens with one attached hydrogen (secondary N) is 1. The van der Waals surface area contributed by atoms with Crippen molar-refractivity contribution >= 4 is 5.91 Å². The molecule has 5 heteroatoms. The SMILES string of the molecule is CCC(CC)(CO)CNC(=O)c1ccn(-c2ccccc2)n1. The Morgan fingerprint density at radius 3 is 2.50 bits per heavy atom. The van der Waals surface area contributed by atoms with Crippen LogP contribution in [0, 0.1) is 5.41 Å². The first-order valence-electron chi connectivity index (χ1n) is 7.64. The Bertz CT molecular complexity index is 595. The normalized spacial score (nSPS) is 11.4. The van der Waals surface area contributed by atoms with Crippen molar-refractivity contribution in [2.75, 3.05) is 13.2 Å². The monoisotopic (exact) mass is 301 g/mol. The van der Waals surface area contributed by atoms with Gasteiger partial charge in [0.2, 0.25) is 0 Å². The maximum atomic E-state index is 12.2. The molecular formula is C17H23N3O2. The van der Waals surface area contributed by atoms with Gasteiger partial charge < -0.3 is 10.4 Å². The van der Waals surface area contributed by atoms with Crippen LogP contribution in [0.25, 0.3) is 5.69 Å². The van der Waals surface area contributed by atoms with Crippen LogP contribution in [0.2, 0.25) is 0 Å². The predicted octanol–water partition coefficient (Wildman–Crippen LogP) is 2.40. The third-order valence-electron chi connectivity index (χ3n) is 4.30. The van der Waals surface area contributed by atoms with Crippen molar-refractivity contribution < 1.29 is 9.90 Å². The van der Waals surface area contributed by atoms with Crippen molar-refractivity contribution in [2.45, 2.75) is 26.7 Å². The van der Waals surface area contributed by atoms with E-state index in [-0.39, 0.29) is 17.9 Å². The van der Waals surface area contributed by atoms with Gasteiger partial charge in [-0.3, -0.25) is 4.79 Å². The van der Waals surface area contributed by atoms with Crippen molar-refractivity contribution in [3.63, 3.8) is 0 Å². The van der Waals surface area contributed by atoms with E-state index in [4.69, 9.17) is 0 Å². The molecule has 118 valence electrons. The molecule has 0 fully saturated rings. The molecule has 1 aromatic carbocycles. The highest BCUT2D eigenvalue weighted by Crippen LogP contribution is 2.24. The standard InChI is InChI=1S/C17H23N3O2/c1-3-17(4-2,13-21)12-18-16(22)15-10-11-20(19-15)14-8-6-5-7-9-14/h5-11,21H,3-4,12-13H2,1-2H3,(H,18,22). The fourth-order valence-electron chi connectivity index (χ4n) is 2.31. The molecule has 0 aliphatic carbocycles. The van der Waals surface area contributed by atoms with Gasteiger partial charge in [-0.2, -0.15) is 5.10 Å². The van der Waals surface area contributed by atoms with Gasteiger partial charge in [0.15, 0.2) is 5.69 Å². The van der Waals surface area contributed by atoms with Crippen molar-refractivity contribution in [3.8, 4) is 5.69 Å². The summed E-state index contributed by atoms with van der Waals surface area (Å²) < 4.78 is 1.67. The van der Waals surface area contributed by atoms with Crippen molar-refractivity contribution in [2.24, 2.45) is 5.41 Å². The lowest BCUT2D eigenvalue weighted by Gasteiger charge is -2.29. The number of aliphatic hydroxyl groups is 1. The summed E-state index contributed by atoms with van der Waals surface area (Å²) in [6.45, 7) is 4.57. The zero-order valence-electron chi connectivity index (χ0n) is 13.1. The second kappa shape index (κ2) is 7.22. The molecule has 0 unspecified atom stereocenters. The molecule has 22 heavy (non-hydrogen) atoms. The van der Waals surface area contributed by atoms with Gasteiger partial charge in [0.05, 0.1) is 12.3 Å². The lowest BCUT2D eigenvalue weighted by molar-refractivity contribution is 0.0846. The van der Waals surface area contributed by atoms with Crippen LogP contribution in [0.3, 0.4) is 0 Å². The molecule has 1 aromatic heterocycles. The van der Waals surface area contributed by atoms with E-state index in [0.29, 0.717) is 12.2 Å². The summed E-state index contributed by atoms with van der Waals surface area (Å²) in [7, 11) is 0. The topological polar surface area (TPSA) is 67.2 Å². The summed E-state index contributed by atoms with van der Waals surface area (Å²) in [5.74, 6) is -0.214. The van der Waals surface area contributed by atoms with Gasteiger partial charge in [-0.05, 0) is 31.0 Å². The van der Waals surface area contributed by atoms with Crippen LogP contribution in [0.1, 0.15) is 37.2 Å². The minimum absolute atomic E-state index is 0.0682. The van der Waals surface area contributed by atoms with Crippen molar-refractivity contribution in [1.82, 2.24) is 15.1 Å². The molecule has 2 rings (SSSR count). The second-order valence-corrected chi connectivity index (χ2v) is 5.53. The second-order valence-electron chi connectivity index (χ2n) is 5.53. The zero-order valence-corrected chi connectivity index (χ0v) is 13.1. The number of para-hydroxylation sites is 1. The zero-order chi connectivity index (χ0) is 16.0. The van der Waals surface area contributed by atoms with E-state index in [0.717, 1.165) is 18.5 Å². The first-order chi connectivity index (χ1) is 10.6. The van der Waals surface area contributed by atoms with Crippen LogP contribution in [0.5, 0.6) is 0 Å². The lowest BCUT2D eigenvalue weighted by Crippen LogP contribution is -2.39. The predicted molar refractivity (Wildman–Crippen MR) is 86.0 cm³/mol. The number of carbonyl (C=O) groups excluding carboxylic acids is 1. The number of aromatic nitrogens is 2. The minimum atomic E-state index is -0.252. The summed E-state index contributed by atoms with van der Waals surface area (Å²) in [5.41, 5.74) is 1.04. The molecule has 0 radical (unpaired) electrons. The molecule has 0 bridgehead atoms. The van der Waals surface area contributed by atoms with Crippen molar-refractivity contribution in [1.29, 1.82) is 0 Å². The molecule has 5 nitrogen and oxygen atoms in total. The average molecular weight is 301 g/mol. The number of hydrogen-bond acceptors (Lipinski definition) is 3. The minimum Gasteiger partial charge on any atom is -0.396 e. The number of aliphatic hydroxyl groups excluding tert-OH is 1. The summed E-state index contributed by atoms with van der Waals surface area (Å²) >= 11 is 0. The number of carbonyl (C=O) groups is 1. The number of benzene rings is 1. The first kappa shape index (κ1) is 16.2. The quantitative estimate of drug-likeness (QED) is 0.825. The number of amides is 1. The summed E-state index contributed by atoms with van der Waals surface area (Å²) in [4.78, 5) is 12.2. The summed E-state index contributed by atoms with van der Waals surface area (Å²) in [6.07, 6.45) is 3.40. The maximum absolute atomic E-state index is 12.2. The Kier molecular flexibility index (Phi) is 5.33. The molecule has 0 aliphatic rings. The van der Waals surface area contributed by atoms with Crippen LogP contribution in [0.15, 0.2) is 42.6 Å². The van der Waals surface area contributed by atoms with Gasteiger partial charge in [0.25, 0.3) is 5.91 Å². The highest BCUT2D eigenvalue weighted by atomic mass is 16.3. The molecule has 0 saturated heterocycles. The molecule has 1 heterocycles. The number of rotatable bonds is 7. The first-order valence-corrected chi connectivity index (χ1v) is 7.64. The third-order valence-corrected chi connectivity index (χ3v) is 4.30. The van der Waals surface area contributed by atoms with Crippen LogP contribution >= 0.6 is 0 Å². The van der Waals surface area contributed by atoms with E-state index >= 15 is 0 Å². The van der Waals surface area contributed by atoms with Gasteiger partial charge >= 0.3 is 0 Å². The molecular weight excluding hydrogens is 278 g/mol. The molecule has 0 aliphatic heterocycles. The average Bonchev–Trinajstić information content (AvgIpc) is 3.07. The van der Waals surface area contributed by atoms with Crippen LogP contribution < -0.4 is 5.32 Å². The molecule has 1 amide bonds. The van der Waals surface area contributed by atoms with Gasteiger partial charge in [-0.15, -0.1) is 0 Å². The number of nitrogens with zero attached hydrogens (tertiary/aromatic N) is 2. The van der Waals surface area contributed by atoms with E-state index in [1.54, 1.807) is 16.9 Å². The summed E-state index contributed by atoms with van der Waals surface area (Å²) in [6, 6.07) is 11.3. The highest BCUT2D eigenvalue weighted by molar-refractivity contribution is 5.92. The molecule has 0 atom stereocenters. The fraction of sp³-hybridized carbons (Fsp3) is 0.412. The Balaban J connectivity index is 2.04. The lowest BCUT2D eigenvalue weighted by atomic mass is 9.83. The Hall–Kier alpha value is -2.14. The van der Waals surface area contributed by atoms with Gasteiger partial charge in [-0.25, -0.2) is 4.68 Å². The van der Waals surface area contributed by atoms with Gasteiger partial charge in [0, 0.05) is 18.2 Å². The fourth-order valence-corrected chi connectivity index (χ4v) is 2.31. The summed E-state index contributed by atoms with van der Waals surface area (Å²) in [5, 5.41) is 16.7. The maximum Gasteiger partial charge on any atom is 0.271 e. The van der Waals surface area contributed by atoms with Crippen molar-refractivity contribution in [3.05, 3.63) is 48.3 Å². The Morgan fingerprint density at radius 2 is 1.91 bits per heavy atom. The Labute approximate surface area is 131 Å². The largest absolute Gasteiger partial charge is 0.396 e. The van der Waals surface area contributed by atoms with Crippen LogP contribution in [0.4, 0.5) is 0 Å². The van der Waals surface area contributed by atoms with Crippen LogP contribution in [-0.4, -0.2) is 33.9 Å². The number of hydrogen-bond donors (Lipinski definition) is 2. The van der Waals surface area contributed by atoms with Gasteiger partial charge in [0.1, 0.15) is 0 Å². The van der Waals surface area contributed by atoms with E-state index in [9.17, 15) is 9.90 Å². The van der Waals surface area contributed by atoms with E-state index in [1.807, 2.05) is 44.2 Å². The molecule has 2 aromatic rings. The molecule has 0 saturated carbocycles. The van der Waals surface area contributed by atoms with E-state index in [1.165, 1.54) is 0 Å². The van der Waals surface area contributed by atoms with Crippen LogP contribution in [-0.2, 0) is 0 Å². The van der Waals surface area contributed by atoms with E-state index < -0.39 is 0 Å². The highest BCUT2D eigenvalue weighted by Gasteiger charge is 2.26.